The molecule has 1 N–H and O–H groups in total. The number of hydrogen-bond donors (Lipinski definition) is 1. The Bertz CT molecular complexity index is 735. The minimum atomic E-state index is -1.17. The van der Waals surface area contributed by atoms with Gasteiger partial charge in [-0.15, -0.1) is 0 Å². The number of carboxylic acid groups (broad SMARTS) is 1. The van der Waals surface area contributed by atoms with E-state index >= 15 is 0 Å². The van der Waals surface area contributed by atoms with E-state index in [4.69, 9.17) is 0 Å². The first-order valence-corrected chi connectivity index (χ1v) is 7.33. The molecule has 3 rings (SSSR count). The number of aryl methyl sites for hydroxylation is 1. The summed E-state index contributed by atoms with van der Waals surface area (Å²) in [5.74, 6) is -2.24. The number of carbonyl (C=O) groups is 3. The zero-order chi connectivity index (χ0) is 16.4. The highest BCUT2D eigenvalue weighted by atomic mass is 16.4. The predicted molar refractivity (Wildman–Crippen MR) is 83.1 cm³/mol. The van der Waals surface area contributed by atoms with Crippen LogP contribution in [0.5, 0.6) is 0 Å². The fourth-order valence-electron chi connectivity index (χ4n) is 2.80. The van der Waals surface area contributed by atoms with Crippen LogP contribution < -0.4 is 0 Å². The minimum absolute atomic E-state index is 0.185. The van der Waals surface area contributed by atoms with Gasteiger partial charge in [0.1, 0.15) is 6.04 Å². The van der Waals surface area contributed by atoms with E-state index in [1.807, 2.05) is 30.3 Å². The Labute approximate surface area is 133 Å². The fourth-order valence-corrected chi connectivity index (χ4v) is 2.80. The van der Waals surface area contributed by atoms with Crippen molar-refractivity contribution in [3.8, 4) is 0 Å². The van der Waals surface area contributed by atoms with E-state index < -0.39 is 23.8 Å². The fraction of sp³-hybridized carbons (Fsp3) is 0.167. The van der Waals surface area contributed by atoms with Crippen molar-refractivity contribution in [2.24, 2.45) is 0 Å². The average molecular weight is 309 g/mol. The average Bonchev–Trinajstić information content (AvgIpc) is 2.81. The first-order valence-electron chi connectivity index (χ1n) is 7.33. The number of rotatable bonds is 5. The topological polar surface area (TPSA) is 74.7 Å². The molecule has 2 amide bonds. The molecule has 5 heteroatoms. The Morgan fingerprint density at radius 3 is 1.96 bits per heavy atom. The Hall–Kier alpha value is -2.95. The molecule has 116 valence electrons. The molecule has 0 fully saturated rings. The summed E-state index contributed by atoms with van der Waals surface area (Å²) in [7, 11) is 0. The van der Waals surface area contributed by atoms with Crippen molar-refractivity contribution in [2.75, 3.05) is 0 Å². The molecule has 0 bridgehead atoms. The largest absolute Gasteiger partial charge is 0.480 e. The van der Waals surface area contributed by atoms with E-state index in [9.17, 15) is 19.5 Å². The van der Waals surface area contributed by atoms with Crippen LogP contribution >= 0.6 is 0 Å². The number of amides is 2. The number of fused-ring (bicyclic) bond motifs is 1. The molecular weight excluding hydrogens is 294 g/mol. The predicted octanol–water partition coefficient (Wildman–Crippen LogP) is 2.37. The van der Waals surface area contributed by atoms with Gasteiger partial charge < -0.3 is 5.11 Å². The quantitative estimate of drug-likeness (QED) is 0.860. The van der Waals surface area contributed by atoms with Crippen molar-refractivity contribution in [2.45, 2.75) is 18.9 Å². The molecule has 1 heterocycles. The molecule has 0 aliphatic carbocycles. The van der Waals surface area contributed by atoms with Gasteiger partial charge in [-0.05, 0) is 30.5 Å². The lowest BCUT2D eigenvalue weighted by Gasteiger charge is -2.22. The van der Waals surface area contributed by atoms with E-state index in [1.54, 1.807) is 24.3 Å². The summed E-state index contributed by atoms with van der Waals surface area (Å²) in [6.45, 7) is 0. The van der Waals surface area contributed by atoms with Crippen molar-refractivity contribution in [1.29, 1.82) is 0 Å². The molecule has 1 aliphatic heterocycles. The SMILES string of the molecule is O=C(O)[C@@H](CCc1ccccc1)N1C(=O)c2ccccc2C1=O. The molecule has 2 aromatic rings. The summed E-state index contributed by atoms with van der Waals surface area (Å²) in [4.78, 5) is 37.3. The van der Waals surface area contributed by atoms with Crippen LogP contribution in [0.2, 0.25) is 0 Å². The van der Waals surface area contributed by atoms with Crippen molar-refractivity contribution in [3.63, 3.8) is 0 Å². The zero-order valence-electron chi connectivity index (χ0n) is 12.3. The second kappa shape index (κ2) is 6.04. The van der Waals surface area contributed by atoms with Crippen molar-refractivity contribution >= 4 is 17.8 Å². The number of aliphatic carboxylic acids is 1. The highest BCUT2D eigenvalue weighted by Gasteiger charge is 2.42. The summed E-state index contributed by atoms with van der Waals surface area (Å²) >= 11 is 0. The minimum Gasteiger partial charge on any atom is -0.480 e. The number of carbonyl (C=O) groups excluding carboxylic acids is 2. The monoisotopic (exact) mass is 309 g/mol. The smallest absolute Gasteiger partial charge is 0.326 e. The van der Waals surface area contributed by atoms with Gasteiger partial charge in [-0.1, -0.05) is 42.5 Å². The highest BCUT2D eigenvalue weighted by Crippen LogP contribution is 2.26. The lowest BCUT2D eigenvalue weighted by molar-refractivity contribution is -0.141. The lowest BCUT2D eigenvalue weighted by atomic mass is 10.0. The third-order valence-corrected chi connectivity index (χ3v) is 3.97. The van der Waals surface area contributed by atoms with Gasteiger partial charge in [-0.25, -0.2) is 4.79 Å². The van der Waals surface area contributed by atoms with Gasteiger partial charge in [-0.2, -0.15) is 0 Å². The first kappa shape index (κ1) is 15.0. The van der Waals surface area contributed by atoms with Crippen LogP contribution in [0.15, 0.2) is 54.6 Å². The molecule has 2 aromatic carbocycles. The van der Waals surface area contributed by atoms with Crippen LogP contribution in [0, 0.1) is 0 Å². The second-order valence-corrected chi connectivity index (χ2v) is 5.40. The van der Waals surface area contributed by atoms with Crippen LogP contribution in [0.25, 0.3) is 0 Å². The maximum Gasteiger partial charge on any atom is 0.326 e. The van der Waals surface area contributed by atoms with Crippen LogP contribution in [-0.2, 0) is 11.2 Å². The summed E-state index contributed by atoms with van der Waals surface area (Å²) in [6.07, 6.45) is 0.663. The Morgan fingerprint density at radius 2 is 1.43 bits per heavy atom. The lowest BCUT2D eigenvalue weighted by Crippen LogP contribution is -2.45. The van der Waals surface area contributed by atoms with E-state index in [-0.39, 0.29) is 17.5 Å². The van der Waals surface area contributed by atoms with Crippen LogP contribution in [-0.4, -0.2) is 33.8 Å². The van der Waals surface area contributed by atoms with Crippen LogP contribution in [0.1, 0.15) is 32.7 Å². The standard InChI is InChI=1S/C18H15NO4/c20-16-13-8-4-5-9-14(13)17(21)19(16)15(18(22)23)11-10-12-6-2-1-3-7-12/h1-9,15H,10-11H2,(H,22,23)/t15-/m1/s1. The van der Waals surface area contributed by atoms with Crippen molar-refractivity contribution in [1.82, 2.24) is 4.90 Å². The Balaban J connectivity index is 1.84. The van der Waals surface area contributed by atoms with E-state index in [1.165, 1.54) is 0 Å². The number of imide groups is 1. The molecule has 0 aromatic heterocycles. The normalized spacial score (nSPS) is 14.7. The first-order chi connectivity index (χ1) is 11.1. The number of hydrogen-bond acceptors (Lipinski definition) is 3. The Morgan fingerprint density at radius 1 is 0.913 bits per heavy atom. The molecule has 1 atom stereocenters. The molecule has 5 nitrogen and oxygen atoms in total. The second-order valence-electron chi connectivity index (χ2n) is 5.40. The van der Waals surface area contributed by atoms with Gasteiger partial charge in [0, 0.05) is 0 Å². The molecule has 0 saturated carbocycles. The summed E-state index contributed by atoms with van der Waals surface area (Å²) in [6, 6.07) is 14.6. The van der Waals surface area contributed by atoms with Gasteiger partial charge in [0.25, 0.3) is 11.8 Å². The van der Waals surface area contributed by atoms with Crippen molar-refractivity contribution < 1.29 is 19.5 Å². The zero-order valence-corrected chi connectivity index (χ0v) is 12.3. The Kier molecular flexibility index (Phi) is 3.93. The van der Waals surface area contributed by atoms with Crippen LogP contribution in [0.4, 0.5) is 0 Å². The summed E-state index contributed by atoms with van der Waals surface area (Å²) in [5, 5.41) is 9.48. The van der Waals surface area contributed by atoms with Crippen molar-refractivity contribution in [3.05, 3.63) is 71.3 Å². The van der Waals surface area contributed by atoms with Gasteiger partial charge >= 0.3 is 5.97 Å². The van der Waals surface area contributed by atoms with Gasteiger partial charge in [0.2, 0.25) is 0 Å². The maximum atomic E-state index is 12.4. The van der Waals surface area contributed by atoms with E-state index in [2.05, 4.69) is 0 Å². The molecular formula is C18H15NO4. The summed E-state index contributed by atoms with van der Waals surface area (Å²) in [5.41, 5.74) is 1.50. The molecule has 0 spiro atoms. The van der Waals surface area contributed by atoms with Gasteiger partial charge in [0.15, 0.2) is 0 Å². The maximum absolute atomic E-state index is 12.4. The van der Waals surface area contributed by atoms with Gasteiger partial charge in [-0.3, -0.25) is 14.5 Å². The van der Waals surface area contributed by atoms with E-state index in [0.717, 1.165) is 10.5 Å². The summed E-state index contributed by atoms with van der Waals surface area (Å²) < 4.78 is 0. The third kappa shape index (κ3) is 2.73. The van der Waals surface area contributed by atoms with Gasteiger partial charge in [0.05, 0.1) is 11.1 Å². The third-order valence-electron chi connectivity index (χ3n) is 3.97. The molecule has 0 radical (unpaired) electrons. The molecule has 0 saturated heterocycles. The molecule has 23 heavy (non-hydrogen) atoms. The highest BCUT2D eigenvalue weighted by molar-refractivity contribution is 6.22. The number of carboxylic acids is 1. The number of benzene rings is 2. The number of nitrogens with zero attached hydrogens (tertiary/aromatic N) is 1. The van der Waals surface area contributed by atoms with Crippen LogP contribution in [0.3, 0.4) is 0 Å². The molecule has 0 unspecified atom stereocenters. The molecule has 1 aliphatic rings. The van der Waals surface area contributed by atoms with E-state index in [0.29, 0.717) is 6.42 Å².